The summed E-state index contributed by atoms with van der Waals surface area (Å²) in [6, 6.07) is 17.9. The van der Waals surface area contributed by atoms with Gasteiger partial charge in [0, 0.05) is 0 Å². The monoisotopic (exact) mass is 476 g/mol. The zero-order chi connectivity index (χ0) is 24.9. The topological polar surface area (TPSA) is 9.23 Å². The van der Waals surface area contributed by atoms with Gasteiger partial charge in [0.05, 0.1) is 7.11 Å². The standard InChI is InChI=1S/C18H28.C16H24O/c1-3-4-5-6-16-9-13-18(14-10-16)17-11-7-15(2)8-12-17;1-3-4-13-5-7-14(8-6-13)15-9-11-16(17-2)12-10-15/h7-8,11-12,16,18H,3-6,9-10,13-14H2,1-2H3;9-14H,3-8H2,1-2H3. The molecule has 0 unspecified atom stereocenters. The quantitative estimate of drug-likeness (QED) is 0.327. The Hall–Kier alpha value is -1.76. The molecule has 0 aromatic heterocycles. The highest BCUT2D eigenvalue weighted by Crippen LogP contribution is 2.38. The molecule has 0 radical (unpaired) electrons. The van der Waals surface area contributed by atoms with E-state index in [2.05, 4.69) is 69.3 Å². The molecule has 2 fully saturated rings. The molecule has 1 heteroatoms. The van der Waals surface area contributed by atoms with Gasteiger partial charge in [-0.25, -0.2) is 0 Å². The summed E-state index contributed by atoms with van der Waals surface area (Å²) in [7, 11) is 1.73. The van der Waals surface area contributed by atoms with Crippen LogP contribution in [-0.2, 0) is 0 Å². The fraction of sp³-hybridized carbons (Fsp3) is 0.647. The molecule has 0 N–H and O–H groups in total. The molecule has 1 nitrogen and oxygen atoms in total. The summed E-state index contributed by atoms with van der Waals surface area (Å²) in [4.78, 5) is 0. The van der Waals surface area contributed by atoms with Crippen molar-refractivity contribution < 1.29 is 4.74 Å². The molecular formula is C34H52O. The Morgan fingerprint density at radius 2 is 1.09 bits per heavy atom. The Labute approximate surface area is 217 Å². The molecule has 4 rings (SSSR count). The van der Waals surface area contributed by atoms with Crippen molar-refractivity contribution >= 4 is 0 Å². The van der Waals surface area contributed by atoms with Crippen LogP contribution in [0.5, 0.6) is 5.75 Å². The highest BCUT2D eigenvalue weighted by Gasteiger charge is 2.22. The second kappa shape index (κ2) is 15.4. The first-order valence-electron chi connectivity index (χ1n) is 14.8. The SMILES string of the molecule is CCCC1CCC(c2ccc(OC)cc2)CC1.CCCCCC1CCC(c2ccc(C)cc2)CC1. The molecule has 0 spiro atoms. The van der Waals surface area contributed by atoms with Crippen molar-refractivity contribution in [2.24, 2.45) is 11.8 Å². The molecule has 2 aromatic rings. The van der Waals surface area contributed by atoms with Crippen molar-refractivity contribution in [2.75, 3.05) is 7.11 Å². The van der Waals surface area contributed by atoms with Gasteiger partial charge in [-0.2, -0.15) is 0 Å². The maximum absolute atomic E-state index is 5.21. The largest absolute Gasteiger partial charge is 0.497 e. The maximum Gasteiger partial charge on any atom is 0.118 e. The minimum absolute atomic E-state index is 0.786. The molecule has 2 saturated carbocycles. The third-order valence-electron chi connectivity index (χ3n) is 8.74. The zero-order valence-corrected chi connectivity index (χ0v) is 23.2. The minimum atomic E-state index is 0.786. The van der Waals surface area contributed by atoms with Crippen LogP contribution in [0.4, 0.5) is 0 Å². The van der Waals surface area contributed by atoms with Crippen LogP contribution in [0.1, 0.15) is 132 Å². The molecule has 0 aliphatic heterocycles. The van der Waals surface area contributed by atoms with Gasteiger partial charge in [0.2, 0.25) is 0 Å². The summed E-state index contributed by atoms with van der Waals surface area (Å²) in [6.07, 6.45) is 19.8. The van der Waals surface area contributed by atoms with E-state index in [4.69, 9.17) is 4.74 Å². The van der Waals surface area contributed by atoms with Gasteiger partial charge in [0.15, 0.2) is 0 Å². The van der Waals surface area contributed by atoms with Crippen LogP contribution in [0, 0.1) is 18.8 Å². The summed E-state index contributed by atoms with van der Waals surface area (Å²) >= 11 is 0. The normalized spacial score (nSPS) is 24.3. The lowest BCUT2D eigenvalue weighted by atomic mass is 9.77. The molecule has 35 heavy (non-hydrogen) atoms. The van der Waals surface area contributed by atoms with Gasteiger partial charge in [0.25, 0.3) is 0 Å². The summed E-state index contributed by atoms with van der Waals surface area (Å²) in [5, 5.41) is 0. The first-order chi connectivity index (χ1) is 17.1. The van der Waals surface area contributed by atoms with Crippen LogP contribution in [-0.4, -0.2) is 7.11 Å². The second-order valence-corrected chi connectivity index (χ2v) is 11.4. The molecule has 194 valence electrons. The Balaban J connectivity index is 0.000000196. The van der Waals surface area contributed by atoms with Crippen molar-refractivity contribution in [3.8, 4) is 5.75 Å². The van der Waals surface area contributed by atoms with E-state index in [-0.39, 0.29) is 0 Å². The average Bonchev–Trinajstić information content (AvgIpc) is 2.91. The minimum Gasteiger partial charge on any atom is -0.497 e. The fourth-order valence-corrected chi connectivity index (χ4v) is 6.37. The predicted molar refractivity (Wildman–Crippen MR) is 153 cm³/mol. The van der Waals surface area contributed by atoms with Crippen LogP contribution in [0.2, 0.25) is 0 Å². The number of rotatable bonds is 9. The number of ether oxygens (including phenoxy) is 1. The molecule has 0 heterocycles. The highest BCUT2D eigenvalue weighted by atomic mass is 16.5. The van der Waals surface area contributed by atoms with Crippen LogP contribution < -0.4 is 4.74 Å². The Morgan fingerprint density at radius 3 is 1.54 bits per heavy atom. The Bertz CT molecular complexity index is 789. The summed E-state index contributed by atoms with van der Waals surface area (Å²) in [5.41, 5.74) is 4.46. The lowest BCUT2D eigenvalue weighted by Gasteiger charge is -2.29. The molecule has 2 aliphatic rings. The van der Waals surface area contributed by atoms with Gasteiger partial charge in [-0.05, 0) is 105 Å². The van der Waals surface area contributed by atoms with Gasteiger partial charge >= 0.3 is 0 Å². The van der Waals surface area contributed by atoms with E-state index in [0.29, 0.717) is 0 Å². The molecule has 0 saturated heterocycles. The lowest BCUT2D eigenvalue weighted by molar-refractivity contribution is 0.303. The van der Waals surface area contributed by atoms with Crippen molar-refractivity contribution in [3.63, 3.8) is 0 Å². The van der Waals surface area contributed by atoms with Crippen LogP contribution in [0.3, 0.4) is 0 Å². The third kappa shape index (κ3) is 9.32. The maximum atomic E-state index is 5.21. The highest BCUT2D eigenvalue weighted by molar-refractivity contribution is 5.29. The van der Waals surface area contributed by atoms with E-state index in [1.807, 2.05) is 0 Å². The predicted octanol–water partition coefficient (Wildman–Crippen LogP) is 10.6. The van der Waals surface area contributed by atoms with E-state index in [0.717, 1.165) is 29.4 Å². The molecular weight excluding hydrogens is 424 g/mol. The fourth-order valence-electron chi connectivity index (χ4n) is 6.37. The van der Waals surface area contributed by atoms with Crippen LogP contribution >= 0.6 is 0 Å². The van der Waals surface area contributed by atoms with Gasteiger partial charge in [0.1, 0.15) is 5.75 Å². The number of methoxy groups -OCH3 is 1. The van der Waals surface area contributed by atoms with E-state index in [1.165, 1.54) is 101 Å². The number of hydrogen-bond acceptors (Lipinski definition) is 1. The number of unbranched alkanes of at least 4 members (excludes halogenated alkanes) is 2. The van der Waals surface area contributed by atoms with E-state index < -0.39 is 0 Å². The van der Waals surface area contributed by atoms with Crippen LogP contribution in [0.15, 0.2) is 48.5 Å². The average molecular weight is 477 g/mol. The van der Waals surface area contributed by atoms with Crippen molar-refractivity contribution in [1.29, 1.82) is 0 Å². The first-order valence-corrected chi connectivity index (χ1v) is 14.8. The summed E-state index contributed by atoms with van der Waals surface area (Å²) in [5.74, 6) is 4.61. The smallest absolute Gasteiger partial charge is 0.118 e. The van der Waals surface area contributed by atoms with Gasteiger partial charge < -0.3 is 4.74 Å². The Morgan fingerprint density at radius 1 is 0.600 bits per heavy atom. The first kappa shape index (κ1) is 27.8. The third-order valence-corrected chi connectivity index (χ3v) is 8.74. The van der Waals surface area contributed by atoms with Gasteiger partial charge in [-0.15, -0.1) is 0 Å². The second-order valence-electron chi connectivity index (χ2n) is 11.4. The summed E-state index contributed by atoms with van der Waals surface area (Å²) in [6.45, 7) is 6.78. The van der Waals surface area contributed by atoms with Crippen LogP contribution in [0.25, 0.3) is 0 Å². The Kier molecular flexibility index (Phi) is 12.2. The molecule has 2 aromatic carbocycles. The molecule has 0 bridgehead atoms. The van der Waals surface area contributed by atoms with Crippen molar-refractivity contribution in [3.05, 3.63) is 65.2 Å². The molecule has 2 aliphatic carbocycles. The molecule has 0 amide bonds. The van der Waals surface area contributed by atoms with Crippen molar-refractivity contribution in [2.45, 2.75) is 122 Å². The lowest BCUT2D eigenvalue weighted by Crippen LogP contribution is -2.13. The van der Waals surface area contributed by atoms with Crippen molar-refractivity contribution in [1.82, 2.24) is 0 Å². The van der Waals surface area contributed by atoms with E-state index >= 15 is 0 Å². The zero-order valence-electron chi connectivity index (χ0n) is 23.2. The number of aryl methyl sites for hydroxylation is 1. The van der Waals surface area contributed by atoms with Gasteiger partial charge in [-0.3, -0.25) is 0 Å². The molecule has 0 atom stereocenters. The number of hydrogen-bond donors (Lipinski definition) is 0. The summed E-state index contributed by atoms with van der Waals surface area (Å²) < 4.78 is 5.21. The van der Waals surface area contributed by atoms with E-state index in [1.54, 1.807) is 12.7 Å². The number of benzene rings is 2. The van der Waals surface area contributed by atoms with E-state index in [9.17, 15) is 0 Å². The van der Waals surface area contributed by atoms with Gasteiger partial charge in [-0.1, -0.05) is 94.3 Å².